The molecule has 1 N–H and O–H groups in total. The van der Waals surface area contributed by atoms with E-state index < -0.39 is 23.8 Å². The first-order chi connectivity index (χ1) is 17.6. The number of hydrogen-bond donors (Lipinski definition) is 1. The summed E-state index contributed by atoms with van der Waals surface area (Å²) in [7, 11) is 1.47. The van der Waals surface area contributed by atoms with Gasteiger partial charge in [0.1, 0.15) is 5.57 Å². The number of barbiturate groups is 1. The molecule has 0 spiro atoms. The lowest BCUT2D eigenvalue weighted by molar-refractivity contribution is -0.129. The summed E-state index contributed by atoms with van der Waals surface area (Å²) in [5.41, 5.74) is 4.17. The van der Waals surface area contributed by atoms with Crippen LogP contribution >= 0.6 is 0 Å². The van der Waals surface area contributed by atoms with Crippen molar-refractivity contribution in [3.63, 3.8) is 0 Å². The van der Waals surface area contributed by atoms with E-state index in [2.05, 4.69) is 0 Å². The molecule has 9 heteroatoms. The minimum atomic E-state index is -1.01. The first kappa shape index (κ1) is 25.6. The lowest BCUT2D eigenvalue weighted by Crippen LogP contribution is -2.57. The van der Waals surface area contributed by atoms with Gasteiger partial charge in [-0.25, -0.2) is 14.5 Å². The van der Waals surface area contributed by atoms with E-state index in [1.807, 2.05) is 31.4 Å². The number of carboxylic acid groups (broad SMARTS) is 1. The number of hydrogen-bond acceptors (Lipinski definition) is 5. The van der Waals surface area contributed by atoms with Crippen molar-refractivity contribution in [2.75, 3.05) is 25.2 Å². The topological polar surface area (TPSA) is 109 Å². The zero-order valence-electron chi connectivity index (χ0n) is 21.0. The number of ether oxygens (including phenoxy) is 1. The summed E-state index contributed by atoms with van der Waals surface area (Å²) in [6, 6.07) is 14.4. The van der Waals surface area contributed by atoms with Gasteiger partial charge in [0.05, 0.1) is 24.4 Å². The maximum absolute atomic E-state index is 13.5. The maximum atomic E-state index is 13.5. The number of nitrogens with zero attached hydrogens (tertiary/aromatic N) is 3. The van der Waals surface area contributed by atoms with Gasteiger partial charge in [-0.15, -0.1) is 0 Å². The van der Waals surface area contributed by atoms with E-state index in [0.29, 0.717) is 11.3 Å². The predicted octanol–water partition coefficient (Wildman–Crippen LogP) is 4.13. The summed E-state index contributed by atoms with van der Waals surface area (Å²) in [4.78, 5) is 53.3. The van der Waals surface area contributed by atoms with Crippen molar-refractivity contribution in [1.82, 2.24) is 9.47 Å². The van der Waals surface area contributed by atoms with Crippen LogP contribution in [0.5, 0.6) is 0 Å². The molecule has 37 heavy (non-hydrogen) atoms. The molecule has 1 aliphatic rings. The van der Waals surface area contributed by atoms with Crippen molar-refractivity contribution in [2.24, 2.45) is 0 Å². The molecule has 0 aliphatic carbocycles. The molecular weight excluding hydrogens is 474 g/mol. The SMILES string of the molecule is COCCN1C(=O)C(=Cc2cc(C)n(-c3ccc(C(=O)O)cc3C)c2C)C(=O)N(c2ccccc2)C1=O. The van der Waals surface area contributed by atoms with Gasteiger partial charge >= 0.3 is 12.0 Å². The second kappa shape index (κ2) is 10.2. The Labute approximate surface area is 214 Å². The minimum Gasteiger partial charge on any atom is -0.478 e. The number of amides is 4. The van der Waals surface area contributed by atoms with Gasteiger partial charge in [0, 0.05) is 24.2 Å². The van der Waals surface area contributed by atoms with Crippen molar-refractivity contribution in [3.8, 4) is 5.69 Å². The second-order valence-electron chi connectivity index (χ2n) is 8.73. The van der Waals surface area contributed by atoms with Crippen LogP contribution in [0.3, 0.4) is 0 Å². The van der Waals surface area contributed by atoms with Gasteiger partial charge < -0.3 is 14.4 Å². The smallest absolute Gasteiger partial charge is 0.338 e. The Morgan fingerprint density at radius 2 is 1.68 bits per heavy atom. The van der Waals surface area contributed by atoms with Crippen molar-refractivity contribution in [3.05, 3.63) is 88.2 Å². The number of carboxylic acids is 1. The van der Waals surface area contributed by atoms with E-state index in [9.17, 15) is 24.3 Å². The van der Waals surface area contributed by atoms with Crippen LogP contribution in [-0.2, 0) is 14.3 Å². The van der Waals surface area contributed by atoms with Crippen molar-refractivity contribution >= 4 is 35.6 Å². The van der Waals surface area contributed by atoms with Crippen molar-refractivity contribution in [1.29, 1.82) is 0 Å². The fourth-order valence-corrected chi connectivity index (χ4v) is 4.46. The van der Waals surface area contributed by atoms with Crippen molar-refractivity contribution in [2.45, 2.75) is 20.8 Å². The Kier molecular flexibility index (Phi) is 7.08. The Balaban J connectivity index is 1.81. The molecule has 2 aromatic carbocycles. The molecule has 190 valence electrons. The first-order valence-electron chi connectivity index (χ1n) is 11.6. The Bertz CT molecular complexity index is 1440. The van der Waals surface area contributed by atoms with Crippen molar-refractivity contribution < 1.29 is 29.0 Å². The van der Waals surface area contributed by atoms with Gasteiger partial charge in [0.15, 0.2) is 0 Å². The van der Waals surface area contributed by atoms with Gasteiger partial charge in [0.25, 0.3) is 11.8 Å². The second-order valence-corrected chi connectivity index (χ2v) is 8.73. The molecule has 3 aromatic rings. The molecule has 4 amide bonds. The Morgan fingerprint density at radius 3 is 2.30 bits per heavy atom. The van der Waals surface area contributed by atoms with Gasteiger partial charge in [-0.1, -0.05) is 18.2 Å². The van der Waals surface area contributed by atoms with E-state index in [0.717, 1.165) is 32.4 Å². The zero-order valence-corrected chi connectivity index (χ0v) is 21.0. The molecule has 4 rings (SSSR count). The third-order valence-corrected chi connectivity index (χ3v) is 6.32. The highest BCUT2D eigenvalue weighted by molar-refractivity contribution is 6.39. The molecule has 1 saturated heterocycles. The van der Waals surface area contributed by atoms with Crippen LogP contribution in [-0.4, -0.2) is 58.6 Å². The van der Waals surface area contributed by atoms with E-state index >= 15 is 0 Å². The summed E-state index contributed by atoms with van der Waals surface area (Å²) in [5.74, 6) is -2.40. The first-order valence-corrected chi connectivity index (χ1v) is 11.6. The van der Waals surface area contributed by atoms with Crippen LogP contribution in [0.15, 0.2) is 60.2 Å². The molecule has 0 radical (unpaired) electrons. The number of carbonyl (C=O) groups is 4. The van der Waals surface area contributed by atoms with E-state index in [-0.39, 0.29) is 24.3 Å². The molecule has 0 bridgehead atoms. The number of aryl methyl sites for hydroxylation is 2. The highest BCUT2D eigenvalue weighted by Gasteiger charge is 2.42. The molecule has 1 aromatic heterocycles. The number of benzene rings is 2. The Morgan fingerprint density at radius 1 is 0.973 bits per heavy atom. The van der Waals surface area contributed by atoms with Crippen LogP contribution in [0, 0.1) is 20.8 Å². The summed E-state index contributed by atoms with van der Waals surface area (Å²) in [5, 5.41) is 9.30. The van der Waals surface area contributed by atoms with Crippen LogP contribution in [0.1, 0.15) is 32.9 Å². The van der Waals surface area contributed by atoms with Gasteiger partial charge in [-0.3, -0.25) is 14.5 Å². The highest BCUT2D eigenvalue weighted by atomic mass is 16.5. The number of aromatic nitrogens is 1. The normalized spacial score (nSPS) is 15.1. The quantitative estimate of drug-likeness (QED) is 0.385. The van der Waals surface area contributed by atoms with Gasteiger partial charge in [0.2, 0.25) is 0 Å². The number of para-hydroxylation sites is 1. The number of imide groups is 2. The standard InChI is InChI=1S/C28H27N3O6/c1-17-14-20(27(34)35)10-11-24(17)30-18(2)15-21(19(30)3)16-23-25(32)29(12-13-37-4)28(36)31(26(23)33)22-8-6-5-7-9-22/h5-11,14-16H,12-13H2,1-4H3,(H,34,35). The van der Waals surface area contributed by atoms with Crippen LogP contribution in [0.25, 0.3) is 11.8 Å². The monoisotopic (exact) mass is 501 g/mol. The number of urea groups is 1. The molecule has 0 unspecified atom stereocenters. The lowest BCUT2D eigenvalue weighted by Gasteiger charge is -2.33. The summed E-state index contributed by atoms with van der Waals surface area (Å²) < 4.78 is 7.01. The van der Waals surface area contributed by atoms with Gasteiger partial charge in [-0.2, -0.15) is 0 Å². The summed E-state index contributed by atoms with van der Waals surface area (Å²) in [6.07, 6.45) is 1.51. The van der Waals surface area contributed by atoms with E-state index in [1.165, 1.54) is 19.3 Å². The fourth-order valence-electron chi connectivity index (χ4n) is 4.46. The third kappa shape index (κ3) is 4.68. The molecule has 0 saturated carbocycles. The number of rotatable bonds is 7. The molecule has 1 aliphatic heterocycles. The summed E-state index contributed by atoms with van der Waals surface area (Å²) in [6.45, 7) is 5.68. The lowest BCUT2D eigenvalue weighted by atomic mass is 10.1. The average molecular weight is 502 g/mol. The fraction of sp³-hybridized carbons (Fsp3) is 0.214. The molecular formula is C28H27N3O6. The van der Waals surface area contributed by atoms with Crippen LogP contribution < -0.4 is 4.90 Å². The van der Waals surface area contributed by atoms with E-state index in [4.69, 9.17) is 4.74 Å². The summed E-state index contributed by atoms with van der Waals surface area (Å²) >= 11 is 0. The maximum Gasteiger partial charge on any atom is 0.338 e. The number of carbonyl (C=O) groups excluding carboxylic acids is 3. The Hall–Kier alpha value is -4.50. The number of anilines is 1. The largest absolute Gasteiger partial charge is 0.478 e. The highest BCUT2D eigenvalue weighted by Crippen LogP contribution is 2.29. The van der Waals surface area contributed by atoms with E-state index in [1.54, 1.807) is 42.5 Å². The van der Waals surface area contributed by atoms with Gasteiger partial charge in [-0.05, 0) is 74.4 Å². The minimum absolute atomic E-state index is 0.00371. The number of methoxy groups -OCH3 is 1. The molecule has 0 atom stereocenters. The number of aromatic carboxylic acids is 1. The third-order valence-electron chi connectivity index (χ3n) is 6.32. The molecule has 9 nitrogen and oxygen atoms in total. The van der Waals surface area contributed by atoms with Crippen LogP contribution in [0.4, 0.5) is 10.5 Å². The molecule has 2 heterocycles. The van der Waals surface area contributed by atoms with Crippen LogP contribution in [0.2, 0.25) is 0 Å². The average Bonchev–Trinajstić information content (AvgIpc) is 3.14. The predicted molar refractivity (Wildman–Crippen MR) is 138 cm³/mol. The zero-order chi connectivity index (χ0) is 26.9. The molecule has 1 fully saturated rings.